The first-order chi connectivity index (χ1) is 8.36. The molecular weight excluding hydrogens is 267 g/mol. The first-order valence-corrected chi connectivity index (χ1v) is 5.40. The van der Waals surface area contributed by atoms with Crippen LogP contribution in [-0.4, -0.2) is 25.3 Å². The van der Waals surface area contributed by atoms with Gasteiger partial charge in [0.25, 0.3) is 0 Å². The van der Waals surface area contributed by atoms with Crippen molar-refractivity contribution >= 4 is 17.2 Å². The number of rotatable bonds is 5. The fraction of sp³-hybridized carbons (Fsp3) is 0.364. The lowest BCUT2D eigenvalue weighted by Gasteiger charge is -2.14. The minimum Gasteiger partial charge on any atom is -0.491 e. The fourth-order valence-corrected chi connectivity index (χ4v) is 1.48. The van der Waals surface area contributed by atoms with Crippen LogP contribution in [0.3, 0.4) is 0 Å². The van der Waals surface area contributed by atoms with Gasteiger partial charge in [0.2, 0.25) is 0 Å². The van der Waals surface area contributed by atoms with Gasteiger partial charge < -0.3 is 15.2 Å². The van der Waals surface area contributed by atoms with Crippen LogP contribution in [0, 0.1) is 0 Å². The molecule has 0 aromatic heterocycles. The third kappa shape index (κ3) is 3.85. The van der Waals surface area contributed by atoms with Crippen molar-refractivity contribution in [1.82, 2.24) is 0 Å². The van der Waals surface area contributed by atoms with Gasteiger partial charge in [0.1, 0.15) is 17.3 Å². The van der Waals surface area contributed by atoms with Crippen LogP contribution in [0.5, 0.6) is 5.75 Å². The summed E-state index contributed by atoms with van der Waals surface area (Å²) in [5.74, 6) is 0.267. The molecule has 0 amide bonds. The van der Waals surface area contributed by atoms with Crippen molar-refractivity contribution in [2.45, 2.75) is 6.18 Å². The molecule has 0 heterocycles. The Hall–Kier alpha value is -1.34. The number of methoxy groups -OCH3 is 1. The molecule has 1 aromatic rings. The van der Waals surface area contributed by atoms with Gasteiger partial charge in [-0.3, -0.25) is 0 Å². The van der Waals surface area contributed by atoms with Crippen LogP contribution in [0.2, 0.25) is 0 Å². The van der Waals surface area contributed by atoms with Crippen molar-refractivity contribution in [1.29, 1.82) is 0 Å². The molecule has 1 rings (SSSR count). The van der Waals surface area contributed by atoms with E-state index in [0.717, 1.165) is 6.07 Å². The molecule has 0 saturated heterocycles. The first kappa shape index (κ1) is 14.7. The molecular formula is C11H12F3NO2S. The Morgan fingerprint density at radius 2 is 2.00 bits per heavy atom. The zero-order chi connectivity index (χ0) is 13.8. The Morgan fingerprint density at radius 1 is 1.33 bits per heavy atom. The van der Waals surface area contributed by atoms with Gasteiger partial charge in [-0.15, -0.1) is 0 Å². The Kier molecular flexibility index (Phi) is 4.92. The summed E-state index contributed by atoms with van der Waals surface area (Å²) in [5.41, 5.74) is 4.18. The molecule has 0 bridgehead atoms. The number of halogens is 3. The Bertz CT molecular complexity index is 435. The predicted octanol–water partition coefficient (Wildman–Crippen LogP) is 2.36. The van der Waals surface area contributed by atoms with E-state index in [1.165, 1.54) is 19.2 Å². The van der Waals surface area contributed by atoms with Crippen LogP contribution in [0.25, 0.3) is 0 Å². The van der Waals surface area contributed by atoms with Crippen LogP contribution in [0.1, 0.15) is 11.1 Å². The third-order valence-corrected chi connectivity index (χ3v) is 2.34. The Balaban J connectivity index is 3.01. The van der Waals surface area contributed by atoms with E-state index in [1.807, 2.05) is 0 Å². The molecule has 100 valence electrons. The minimum absolute atomic E-state index is 0.235. The maximum Gasteiger partial charge on any atom is 0.417 e. The smallest absolute Gasteiger partial charge is 0.417 e. The molecule has 0 fully saturated rings. The zero-order valence-corrected chi connectivity index (χ0v) is 10.4. The van der Waals surface area contributed by atoms with Crippen molar-refractivity contribution in [2.24, 2.45) is 5.73 Å². The molecule has 0 radical (unpaired) electrons. The van der Waals surface area contributed by atoms with Crippen molar-refractivity contribution in [2.75, 3.05) is 20.3 Å². The molecule has 0 atom stereocenters. The van der Waals surface area contributed by atoms with Crippen LogP contribution in [0.15, 0.2) is 18.2 Å². The second kappa shape index (κ2) is 6.01. The zero-order valence-electron chi connectivity index (χ0n) is 9.58. The van der Waals surface area contributed by atoms with E-state index >= 15 is 0 Å². The van der Waals surface area contributed by atoms with E-state index in [0.29, 0.717) is 6.61 Å². The van der Waals surface area contributed by atoms with Gasteiger partial charge in [0, 0.05) is 12.7 Å². The van der Waals surface area contributed by atoms with E-state index in [2.05, 4.69) is 12.2 Å². The van der Waals surface area contributed by atoms with Crippen molar-refractivity contribution in [3.05, 3.63) is 29.3 Å². The molecule has 7 heteroatoms. The molecule has 0 spiro atoms. The molecule has 1 aromatic carbocycles. The van der Waals surface area contributed by atoms with Gasteiger partial charge >= 0.3 is 6.18 Å². The van der Waals surface area contributed by atoms with Crippen LogP contribution >= 0.6 is 12.2 Å². The van der Waals surface area contributed by atoms with Gasteiger partial charge in [0.15, 0.2) is 0 Å². The number of thiocarbonyl (C=S) groups is 1. The molecule has 3 nitrogen and oxygen atoms in total. The standard InChI is InChI=1S/C11H12F3NO2S/c1-16-4-5-17-7-2-3-9(11(12,13)14)8(6-7)10(15)18/h2-3,6H,4-5H2,1H3,(H2,15,18). The summed E-state index contributed by atoms with van der Waals surface area (Å²) in [6, 6.07) is 3.30. The fourth-order valence-electron chi connectivity index (χ4n) is 1.31. The summed E-state index contributed by atoms with van der Waals surface area (Å²) < 4.78 is 48.0. The molecule has 18 heavy (non-hydrogen) atoms. The van der Waals surface area contributed by atoms with Crippen LogP contribution in [-0.2, 0) is 10.9 Å². The maximum atomic E-state index is 12.7. The van der Waals surface area contributed by atoms with Crippen molar-refractivity contribution in [3.63, 3.8) is 0 Å². The maximum absolute atomic E-state index is 12.7. The van der Waals surface area contributed by atoms with Gasteiger partial charge in [-0.1, -0.05) is 12.2 Å². The summed E-state index contributed by atoms with van der Waals surface area (Å²) in [6.07, 6.45) is -4.50. The lowest BCUT2D eigenvalue weighted by molar-refractivity contribution is -0.137. The number of alkyl halides is 3. The van der Waals surface area contributed by atoms with Gasteiger partial charge in [-0.25, -0.2) is 0 Å². The first-order valence-electron chi connectivity index (χ1n) is 4.99. The second-order valence-electron chi connectivity index (χ2n) is 3.41. The summed E-state index contributed by atoms with van der Waals surface area (Å²) >= 11 is 4.61. The number of hydrogen-bond acceptors (Lipinski definition) is 3. The average Bonchev–Trinajstić information content (AvgIpc) is 2.27. The molecule has 0 saturated carbocycles. The highest BCUT2D eigenvalue weighted by atomic mass is 32.1. The normalized spacial score (nSPS) is 11.3. The number of hydrogen-bond donors (Lipinski definition) is 1. The number of nitrogens with two attached hydrogens (primary N) is 1. The molecule has 0 unspecified atom stereocenters. The quantitative estimate of drug-likeness (QED) is 0.664. The van der Waals surface area contributed by atoms with Crippen molar-refractivity contribution in [3.8, 4) is 5.75 Å². The van der Waals surface area contributed by atoms with E-state index in [4.69, 9.17) is 15.2 Å². The molecule has 2 N–H and O–H groups in total. The molecule has 0 aliphatic heterocycles. The van der Waals surface area contributed by atoms with E-state index in [1.54, 1.807) is 0 Å². The predicted molar refractivity (Wildman–Crippen MR) is 64.7 cm³/mol. The summed E-state index contributed by atoms with van der Waals surface area (Å²) in [6.45, 7) is 0.571. The number of benzene rings is 1. The van der Waals surface area contributed by atoms with E-state index in [9.17, 15) is 13.2 Å². The van der Waals surface area contributed by atoms with E-state index in [-0.39, 0.29) is 22.9 Å². The highest BCUT2D eigenvalue weighted by Crippen LogP contribution is 2.33. The largest absolute Gasteiger partial charge is 0.491 e. The highest BCUT2D eigenvalue weighted by molar-refractivity contribution is 7.80. The second-order valence-corrected chi connectivity index (χ2v) is 3.85. The third-order valence-electron chi connectivity index (χ3n) is 2.12. The van der Waals surface area contributed by atoms with E-state index < -0.39 is 11.7 Å². The summed E-state index contributed by atoms with van der Waals surface area (Å²) in [4.78, 5) is -0.320. The molecule has 0 aliphatic rings. The lowest BCUT2D eigenvalue weighted by atomic mass is 10.1. The Labute approximate surface area is 108 Å². The lowest BCUT2D eigenvalue weighted by Crippen LogP contribution is -2.18. The van der Waals surface area contributed by atoms with Crippen molar-refractivity contribution < 1.29 is 22.6 Å². The highest BCUT2D eigenvalue weighted by Gasteiger charge is 2.34. The van der Waals surface area contributed by atoms with Crippen LogP contribution in [0.4, 0.5) is 13.2 Å². The SMILES string of the molecule is COCCOc1ccc(C(F)(F)F)c(C(N)=S)c1. The van der Waals surface area contributed by atoms with Gasteiger partial charge in [-0.05, 0) is 18.2 Å². The minimum atomic E-state index is -4.50. The average molecular weight is 279 g/mol. The number of ether oxygens (including phenoxy) is 2. The van der Waals surface area contributed by atoms with Gasteiger partial charge in [0.05, 0.1) is 12.2 Å². The van der Waals surface area contributed by atoms with Crippen LogP contribution < -0.4 is 10.5 Å². The summed E-state index contributed by atoms with van der Waals surface area (Å²) in [5, 5.41) is 0. The molecule has 0 aliphatic carbocycles. The summed E-state index contributed by atoms with van der Waals surface area (Å²) in [7, 11) is 1.50. The Morgan fingerprint density at radius 3 is 2.50 bits per heavy atom. The monoisotopic (exact) mass is 279 g/mol. The topological polar surface area (TPSA) is 44.5 Å². The van der Waals surface area contributed by atoms with Gasteiger partial charge in [-0.2, -0.15) is 13.2 Å².